The molecule has 0 saturated carbocycles. The summed E-state index contributed by atoms with van der Waals surface area (Å²) in [6.45, 7) is 10.0. The van der Waals surface area contributed by atoms with Crippen LogP contribution in [0.25, 0.3) is 0 Å². The number of nitrogen functional groups attached to an aromatic ring is 1. The molecule has 2 rings (SSSR count). The highest BCUT2D eigenvalue weighted by atomic mass is 16.5. The Morgan fingerprint density at radius 2 is 1.38 bits per heavy atom. The molecule has 0 bridgehead atoms. The summed E-state index contributed by atoms with van der Waals surface area (Å²) in [5, 5.41) is 0. The summed E-state index contributed by atoms with van der Waals surface area (Å²) in [6, 6.07) is 14.2. The first kappa shape index (κ1) is 18.2. The Morgan fingerprint density at radius 3 is 1.92 bits per heavy atom. The minimum atomic E-state index is 0.176. The van der Waals surface area contributed by atoms with Gasteiger partial charge in [-0.05, 0) is 54.5 Å². The van der Waals surface area contributed by atoms with E-state index in [-0.39, 0.29) is 5.41 Å². The molecule has 0 heterocycles. The third-order valence-corrected chi connectivity index (χ3v) is 4.05. The van der Waals surface area contributed by atoms with E-state index >= 15 is 0 Å². The van der Waals surface area contributed by atoms with E-state index in [1.54, 1.807) is 0 Å². The molecule has 130 valence electrons. The van der Waals surface area contributed by atoms with Gasteiger partial charge in [0.25, 0.3) is 0 Å². The van der Waals surface area contributed by atoms with Crippen LogP contribution in [0.1, 0.15) is 44.7 Å². The Hall–Kier alpha value is -2.16. The summed E-state index contributed by atoms with van der Waals surface area (Å²) in [4.78, 5) is 0. The minimum absolute atomic E-state index is 0.176. The van der Waals surface area contributed by atoms with Crippen molar-refractivity contribution in [3.8, 4) is 11.5 Å². The predicted octanol–water partition coefficient (Wildman–Crippen LogP) is 5.11. The van der Waals surface area contributed by atoms with Crippen LogP contribution in [0.2, 0.25) is 0 Å². The predicted molar refractivity (Wildman–Crippen MR) is 101 cm³/mol. The quantitative estimate of drug-likeness (QED) is 0.567. The Morgan fingerprint density at radius 1 is 0.833 bits per heavy atom. The summed E-state index contributed by atoms with van der Waals surface area (Å²) < 4.78 is 11.5. The van der Waals surface area contributed by atoms with Gasteiger partial charge in [0.05, 0.1) is 13.2 Å². The lowest BCUT2D eigenvalue weighted by molar-refractivity contribution is 0.266. The standard InChI is InChI=1S/C21H29NO2/c1-16-7-10-19(15-20(16)22)24-14-6-5-13-23-18-11-8-17(9-12-18)21(2,3)4/h7-12,15H,5-6,13-14,22H2,1-4H3. The zero-order chi connectivity index (χ0) is 17.6. The number of rotatable bonds is 7. The Labute approximate surface area is 145 Å². The normalized spacial score (nSPS) is 11.3. The van der Waals surface area contributed by atoms with E-state index in [1.807, 2.05) is 37.3 Å². The summed E-state index contributed by atoms with van der Waals surface area (Å²) >= 11 is 0. The molecular weight excluding hydrogens is 298 g/mol. The smallest absolute Gasteiger partial charge is 0.121 e. The molecule has 3 heteroatoms. The molecule has 2 aromatic carbocycles. The highest BCUT2D eigenvalue weighted by Crippen LogP contribution is 2.24. The maximum absolute atomic E-state index is 5.87. The van der Waals surface area contributed by atoms with Crippen molar-refractivity contribution in [1.82, 2.24) is 0 Å². The molecule has 0 amide bonds. The van der Waals surface area contributed by atoms with Crippen molar-refractivity contribution in [3.63, 3.8) is 0 Å². The van der Waals surface area contributed by atoms with Crippen molar-refractivity contribution in [3.05, 3.63) is 53.6 Å². The van der Waals surface area contributed by atoms with Gasteiger partial charge in [-0.1, -0.05) is 39.0 Å². The number of anilines is 1. The SMILES string of the molecule is Cc1ccc(OCCCCOc2ccc(C(C)(C)C)cc2)cc1N. The van der Waals surface area contributed by atoms with Gasteiger partial charge in [0.2, 0.25) is 0 Å². The highest BCUT2D eigenvalue weighted by Gasteiger charge is 2.12. The molecule has 0 radical (unpaired) electrons. The molecule has 24 heavy (non-hydrogen) atoms. The summed E-state index contributed by atoms with van der Waals surface area (Å²) in [6.07, 6.45) is 1.91. The van der Waals surface area contributed by atoms with Crippen molar-refractivity contribution in [1.29, 1.82) is 0 Å². The lowest BCUT2D eigenvalue weighted by Gasteiger charge is -2.19. The van der Waals surface area contributed by atoms with E-state index in [9.17, 15) is 0 Å². The monoisotopic (exact) mass is 327 g/mol. The first-order valence-electron chi connectivity index (χ1n) is 8.58. The molecular formula is C21H29NO2. The molecule has 0 aliphatic carbocycles. The molecule has 0 aliphatic rings. The fourth-order valence-corrected chi connectivity index (χ4v) is 2.34. The Kier molecular flexibility index (Phi) is 6.13. The van der Waals surface area contributed by atoms with Crippen molar-refractivity contribution >= 4 is 5.69 Å². The van der Waals surface area contributed by atoms with Crippen molar-refractivity contribution < 1.29 is 9.47 Å². The minimum Gasteiger partial charge on any atom is -0.494 e. The van der Waals surface area contributed by atoms with Crippen LogP contribution in [0, 0.1) is 6.92 Å². The van der Waals surface area contributed by atoms with Gasteiger partial charge >= 0.3 is 0 Å². The van der Waals surface area contributed by atoms with E-state index in [0.717, 1.165) is 35.6 Å². The number of hydrogen-bond acceptors (Lipinski definition) is 3. The van der Waals surface area contributed by atoms with Gasteiger partial charge in [0, 0.05) is 11.8 Å². The van der Waals surface area contributed by atoms with Crippen molar-refractivity contribution in [2.75, 3.05) is 18.9 Å². The zero-order valence-corrected chi connectivity index (χ0v) is 15.3. The second kappa shape index (κ2) is 8.09. The van der Waals surface area contributed by atoms with Crippen LogP contribution in [-0.2, 0) is 5.41 Å². The van der Waals surface area contributed by atoms with Crippen molar-refractivity contribution in [2.24, 2.45) is 0 Å². The van der Waals surface area contributed by atoms with Crippen LogP contribution in [-0.4, -0.2) is 13.2 Å². The number of unbranched alkanes of at least 4 members (excludes halogenated alkanes) is 1. The Balaban J connectivity index is 1.65. The number of benzene rings is 2. The number of nitrogens with two attached hydrogens (primary N) is 1. The molecule has 0 aromatic heterocycles. The van der Waals surface area contributed by atoms with E-state index < -0.39 is 0 Å². The van der Waals surface area contributed by atoms with Gasteiger partial charge in [-0.15, -0.1) is 0 Å². The maximum atomic E-state index is 5.87. The first-order valence-corrected chi connectivity index (χ1v) is 8.58. The van der Waals surface area contributed by atoms with Crippen molar-refractivity contribution in [2.45, 2.75) is 46.0 Å². The van der Waals surface area contributed by atoms with Gasteiger partial charge in [0.1, 0.15) is 11.5 Å². The van der Waals surface area contributed by atoms with E-state index in [0.29, 0.717) is 13.2 Å². The summed E-state index contributed by atoms with van der Waals surface area (Å²) in [5.41, 5.74) is 9.22. The van der Waals surface area contributed by atoms with E-state index in [1.165, 1.54) is 5.56 Å². The zero-order valence-electron chi connectivity index (χ0n) is 15.3. The van der Waals surface area contributed by atoms with Gasteiger partial charge in [-0.2, -0.15) is 0 Å². The van der Waals surface area contributed by atoms with Gasteiger partial charge in [-0.3, -0.25) is 0 Å². The summed E-state index contributed by atoms with van der Waals surface area (Å²) in [5.74, 6) is 1.76. The highest BCUT2D eigenvalue weighted by molar-refractivity contribution is 5.50. The second-order valence-corrected chi connectivity index (χ2v) is 7.20. The van der Waals surface area contributed by atoms with E-state index in [2.05, 4.69) is 32.9 Å². The van der Waals surface area contributed by atoms with Crippen LogP contribution in [0.15, 0.2) is 42.5 Å². The molecule has 0 unspecified atom stereocenters. The third-order valence-electron chi connectivity index (χ3n) is 4.05. The average Bonchev–Trinajstić information content (AvgIpc) is 2.53. The lowest BCUT2D eigenvalue weighted by Crippen LogP contribution is -2.10. The average molecular weight is 327 g/mol. The molecule has 2 aromatic rings. The van der Waals surface area contributed by atoms with E-state index in [4.69, 9.17) is 15.2 Å². The molecule has 0 aliphatic heterocycles. The molecule has 0 atom stereocenters. The van der Waals surface area contributed by atoms with Crippen LogP contribution in [0.5, 0.6) is 11.5 Å². The van der Waals surface area contributed by atoms with Crippen LogP contribution >= 0.6 is 0 Å². The Bertz CT molecular complexity index is 642. The lowest BCUT2D eigenvalue weighted by atomic mass is 9.87. The fraction of sp³-hybridized carbons (Fsp3) is 0.429. The number of ether oxygens (including phenoxy) is 2. The third kappa shape index (κ3) is 5.48. The molecule has 0 spiro atoms. The first-order chi connectivity index (χ1) is 11.4. The van der Waals surface area contributed by atoms with Crippen LogP contribution < -0.4 is 15.2 Å². The molecule has 3 nitrogen and oxygen atoms in total. The summed E-state index contributed by atoms with van der Waals surface area (Å²) in [7, 11) is 0. The largest absolute Gasteiger partial charge is 0.494 e. The topological polar surface area (TPSA) is 44.5 Å². The van der Waals surface area contributed by atoms with Crippen LogP contribution in [0.4, 0.5) is 5.69 Å². The number of hydrogen-bond donors (Lipinski definition) is 1. The number of aryl methyl sites for hydroxylation is 1. The van der Waals surface area contributed by atoms with Gasteiger partial charge in [0.15, 0.2) is 0 Å². The van der Waals surface area contributed by atoms with Crippen LogP contribution in [0.3, 0.4) is 0 Å². The molecule has 2 N–H and O–H groups in total. The molecule has 0 saturated heterocycles. The fourth-order valence-electron chi connectivity index (χ4n) is 2.34. The molecule has 0 fully saturated rings. The second-order valence-electron chi connectivity index (χ2n) is 7.20. The van der Waals surface area contributed by atoms with Gasteiger partial charge < -0.3 is 15.2 Å². The maximum Gasteiger partial charge on any atom is 0.121 e. The van der Waals surface area contributed by atoms with Gasteiger partial charge in [-0.25, -0.2) is 0 Å².